The van der Waals surface area contributed by atoms with Crippen molar-refractivity contribution in [3.63, 3.8) is 0 Å². The number of nitrogens with zero attached hydrogens (tertiary/aromatic N) is 2. The predicted octanol–water partition coefficient (Wildman–Crippen LogP) is 4.12. The van der Waals surface area contributed by atoms with Crippen LogP contribution in [0.25, 0.3) is 11.3 Å². The number of nitrogens with one attached hydrogen (secondary N) is 1. The van der Waals surface area contributed by atoms with Gasteiger partial charge in [-0.05, 0) is 44.2 Å². The van der Waals surface area contributed by atoms with Gasteiger partial charge in [-0.2, -0.15) is 0 Å². The average molecular weight is 423 g/mol. The van der Waals surface area contributed by atoms with E-state index in [0.29, 0.717) is 28.7 Å². The number of thiazole rings is 1. The summed E-state index contributed by atoms with van der Waals surface area (Å²) in [7, 11) is 1.53. The predicted molar refractivity (Wildman–Crippen MR) is 117 cm³/mol. The minimum absolute atomic E-state index is 0.0506. The number of benzene rings is 2. The maximum Gasteiger partial charge on any atom is 0.265 e. The summed E-state index contributed by atoms with van der Waals surface area (Å²) < 4.78 is 10.8. The maximum atomic E-state index is 12.7. The number of rotatable bonds is 5. The second-order valence-corrected chi connectivity index (χ2v) is 7.89. The lowest BCUT2D eigenvalue weighted by molar-refractivity contribution is -0.121. The lowest BCUT2D eigenvalue weighted by atomic mass is 10.1. The lowest BCUT2D eigenvalue weighted by Crippen LogP contribution is -2.38. The molecule has 2 amide bonds. The monoisotopic (exact) mass is 423 g/mol. The summed E-state index contributed by atoms with van der Waals surface area (Å²) >= 11 is 1.39. The minimum atomic E-state index is -0.283. The van der Waals surface area contributed by atoms with Crippen LogP contribution in [0.15, 0.2) is 42.5 Å². The fourth-order valence-corrected chi connectivity index (χ4v) is 4.24. The molecule has 0 spiro atoms. The van der Waals surface area contributed by atoms with E-state index in [0.717, 1.165) is 21.8 Å². The maximum absolute atomic E-state index is 12.7. The number of para-hydroxylation sites is 1. The molecule has 1 aliphatic rings. The van der Waals surface area contributed by atoms with Gasteiger partial charge in [-0.3, -0.25) is 14.9 Å². The first kappa shape index (κ1) is 19.9. The Morgan fingerprint density at radius 1 is 1.30 bits per heavy atom. The molecule has 0 saturated heterocycles. The molecular formula is C22H21N3O4S. The van der Waals surface area contributed by atoms with Crippen molar-refractivity contribution in [1.29, 1.82) is 0 Å². The van der Waals surface area contributed by atoms with Crippen LogP contribution in [0.3, 0.4) is 0 Å². The first-order chi connectivity index (χ1) is 14.5. The van der Waals surface area contributed by atoms with Crippen molar-refractivity contribution in [3.05, 3.63) is 52.9 Å². The molecule has 1 aromatic heterocycles. The van der Waals surface area contributed by atoms with E-state index in [4.69, 9.17) is 9.47 Å². The van der Waals surface area contributed by atoms with Gasteiger partial charge in [0.2, 0.25) is 0 Å². The van der Waals surface area contributed by atoms with Crippen molar-refractivity contribution >= 4 is 34.0 Å². The van der Waals surface area contributed by atoms with Crippen LogP contribution in [0, 0.1) is 6.92 Å². The summed E-state index contributed by atoms with van der Waals surface area (Å²) in [5.41, 5.74) is 2.79. The fraction of sp³-hybridized carbons (Fsp3) is 0.227. The van der Waals surface area contributed by atoms with Gasteiger partial charge in [-0.1, -0.05) is 12.1 Å². The molecule has 0 radical (unpaired) electrons. The SMILES string of the molecule is CCN1C(=O)COc2ccc(-c3nc(NC(=O)c4ccccc4OC)sc3C)cc21. The Morgan fingerprint density at radius 3 is 2.87 bits per heavy atom. The molecular weight excluding hydrogens is 402 g/mol. The van der Waals surface area contributed by atoms with Crippen LogP contribution in [0.4, 0.5) is 10.8 Å². The Bertz CT molecular complexity index is 1130. The largest absolute Gasteiger partial charge is 0.496 e. The summed E-state index contributed by atoms with van der Waals surface area (Å²) in [6, 6.07) is 12.7. The van der Waals surface area contributed by atoms with Crippen LogP contribution in [0.5, 0.6) is 11.5 Å². The first-order valence-corrected chi connectivity index (χ1v) is 10.3. The Labute approximate surface area is 178 Å². The number of hydrogen-bond donors (Lipinski definition) is 1. The number of amides is 2. The van der Waals surface area contributed by atoms with Crippen molar-refractivity contribution in [2.45, 2.75) is 13.8 Å². The zero-order valence-electron chi connectivity index (χ0n) is 16.9. The van der Waals surface area contributed by atoms with Crippen molar-refractivity contribution in [3.8, 4) is 22.8 Å². The molecule has 1 N–H and O–H groups in total. The summed E-state index contributed by atoms with van der Waals surface area (Å²) in [6.45, 7) is 4.49. The lowest BCUT2D eigenvalue weighted by Gasteiger charge is -2.28. The molecule has 154 valence electrons. The van der Waals surface area contributed by atoms with E-state index in [9.17, 15) is 9.59 Å². The van der Waals surface area contributed by atoms with Crippen LogP contribution in [0.2, 0.25) is 0 Å². The first-order valence-electron chi connectivity index (χ1n) is 9.51. The summed E-state index contributed by atoms with van der Waals surface area (Å²) in [4.78, 5) is 32.1. The van der Waals surface area contributed by atoms with Crippen LogP contribution >= 0.6 is 11.3 Å². The summed E-state index contributed by atoms with van der Waals surface area (Å²) in [5.74, 6) is 0.830. The molecule has 0 fully saturated rings. The number of anilines is 2. The highest BCUT2D eigenvalue weighted by Crippen LogP contribution is 2.38. The summed E-state index contributed by atoms with van der Waals surface area (Å²) in [6.07, 6.45) is 0. The third kappa shape index (κ3) is 3.61. The number of aromatic nitrogens is 1. The Hall–Kier alpha value is -3.39. The van der Waals surface area contributed by atoms with Gasteiger partial charge < -0.3 is 14.4 Å². The Balaban J connectivity index is 1.63. The average Bonchev–Trinajstić information content (AvgIpc) is 3.13. The Kier molecular flexibility index (Phi) is 5.41. The fourth-order valence-electron chi connectivity index (χ4n) is 3.41. The van der Waals surface area contributed by atoms with Crippen LogP contribution < -0.4 is 19.7 Å². The van der Waals surface area contributed by atoms with E-state index in [2.05, 4.69) is 10.3 Å². The molecule has 0 bridgehead atoms. The molecule has 0 atom stereocenters. The van der Waals surface area contributed by atoms with Crippen molar-refractivity contribution in [1.82, 2.24) is 4.98 Å². The molecule has 8 heteroatoms. The molecule has 2 heterocycles. The molecule has 4 rings (SSSR count). The van der Waals surface area contributed by atoms with Crippen molar-refractivity contribution < 1.29 is 19.1 Å². The van der Waals surface area contributed by atoms with Gasteiger partial charge in [0, 0.05) is 17.0 Å². The zero-order chi connectivity index (χ0) is 21.3. The molecule has 2 aromatic carbocycles. The quantitative estimate of drug-likeness (QED) is 0.668. The summed E-state index contributed by atoms with van der Waals surface area (Å²) in [5, 5.41) is 3.35. The van der Waals surface area contributed by atoms with Gasteiger partial charge in [-0.15, -0.1) is 11.3 Å². The van der Waals surface area contributed by atoms with Gasteiger partial charge >= 0.3 is 0 Å². The zero-order valence-corrected chi connectivity index (χ0v) is 17.7. The van der Waals surface area contributed by atoms with E-state index in [1.807, 2.05) is 38.1 Å². The normalized spacial score (nSPS) is 12.9. The van der Waals surface area contributed by atoms with Gasteiger partial charge in [-0.25, -0.2) is 4.98 Å². The molecule has 1 aliphatic heterocycles. The number of carbonyl (C=O) groups is 2. The molecule has 0 unspecified atom stereocenters. The van der Waals surface area contributed by atoms with Gasteiger partial charge in [0.05, 0.1) is 24.1 Å². The molecule has 7 nitrogen and oxygen atoms in total. The topological polar surface area (TPSA) is 80.8 Å². The number of methoxy groups -OCH3 is 1. The van der Waals surface area contributed by atoms with Crippen molar-refractivity contribution in [2.75, 3.05) is 30.5 Å². The highest BCUT2D eigenvalue weighted by atomic mass is 32.1. The van der Waals surface area contributed by atoms with E-state index in [-0.39, 0.29) is 18.4 Å². The number of carbonyl (C=O) groups excluding carboxylic acids is 2. The van der Waals surface area contributed by atoms with Gasteiger partial charge in [0.1, 0.15) is 11.5 Å². The number of likely N-dealkylation sites (N-methyl/N-ethyl adjacent to an activating group) is 1. The number of ether oxygens (including phenoxy) is 2. The van der Waals surface area contributed by atoms with Crippen molar-refractivity contribution in [2.24, 2.45) is 0 Å². The van der Waals surface area contributed by atoms with E-state index < -0.39 is 0 Å². The van der Waals surface area contributed by atoms with Gasteiger partial charge in [0.25, 0.3) is 11.8 Å². The number of hydrogen-bond acceptors (Lipinski definition) is 6. The standard InChI is InChI=1S/C22H21N3O4S/c1-4-25-16-11-14(9-10-18(16)29-12-19(25)26)20-13(2)30-22(23-20)24-21(27)15-7-5-6-8-17(15)28-3/h5-11H,4,12H2,1-3H3,(H,23,24,27). The number of aryl methyl sites for hydroxylation is 1. The van der Waals surface area contributed by atoms with E-state index in [1.54, 1.807) is 23.1 Å². The van der Waals surface area contributed by atoms with Gasteiger partial charge in [0.15, 0.2) is 11.7 Å². The molecule has 0 aliphatic carbocycles. The highest BCUT2D eigenvalue weighted by molar-refractivity contribution is 7.16. The molecule has 0 saturated carbocycles. The third-order valence-corrected chi connectivity index (χ3v) is 5.75. The molecule has 30 heavy (non-hydrogen) atoms. The van der Waals surface area contributed by atoms with E-state index >= 15 is 0 Å². The Morgan fingerprint density at radius 2 is 2.10 bits per heavy atom. The molecule has 3 aromatic rings. The van der Waals surface area contributed by atoms with E-state index in [1.165, 1.54) is 18.4 Å². The second kappa shape index (κ2) is 8.16. The smallest absolute Gasteiger partial charge is 0.265 e. The van der Waals surface area contributed by atoms with Crippen LogP contribution in [0.1, 0.15) is 22.2 Å². The second-order valence-electron chi connectivity index (χ2n) is 6.69. The van der Waals surface area contributed by atoms with Crippen LogP contribution in [-0.4, -0.2) is 37.1 Å². The highest BCUT2D eigenvalue weighted by Gasteiger charge is 2.25. The number of fused-ring (bicyclic) bond motifs is 1. The third-order valence-electron chi connectivity index (χ3n) is 4.86. The van der Waals surface area contributed by atoms with Crippen LogP contribution in [-0.2, 0) is 4.79 Å². The minimum Gasteiger partial charge on any atom is -0.496 e.